The predicted molar refractivity (Wildman–Crippen MR) is 40.8 cm³/mol. The van der Waals surface area contributed by atoms with E-state index >= 15 is 0 Å². The molecule has 2 heteroatoms. The molecule has 1 heterocycles. The first-order chi connectivity index (χ1) is 4.70. The first-order valence-corrected chi connectivity index (χ1v) is 4.08. The molecule has 0 aromatic rings. The largest absolute Gasteiger partial charge is 0.301 e. The average Bonchev–Trinajstić information content (AvgIpc) is 1.88. The van der Waals surface area contributed by atoms with Gasteiger partial charge >= 0.3 is 0 Å². The molecule has 0 amide bonds. The van der Waals surface area contributed by atoms with E-state index in [9.17, 15) is 4.39 Å². The van der Waals surface area contributed by atoms with Crippen LogP contribution in [0.2, 0.25) is 0 Å². The number of halogens is 1. The Morgan fingerprint density at radius 2 is 1.80 bits per heavy atom. The third kappa shape index (κ3) is 1.94. The van der Waals surface area contributed by atoms with Crippen LogP contribution in [0, 0.1) is 0 Å². The van der Waals surface area contributed by atoms with E-state index in [0.29, 0.717) is 6.04 Å². The first-order valence-electron chi connectivity index (χ1n) is 4.08. The highest BCUT2D eigenvalue weighted by atomic mass is 19.1. The minimum atomic E-state index is -0.532. The van der Waals surface area contributed by atoms with Crippen molar-refractivity contribution >= 4 is 0 Å². The van der Waals surface area contributed by atoms with Crippen molar-refractivity contribution in [2.24, 2.45) is 0 Å². The lowest BCUT2D eigenvalue weighted by atomic mass is 10.1. The normalized spacial score (nSPS) is 24.0. The van der Waals surface area contributed by atoms with Crippen LogP contribution in [-0.4, -0.2) is 30.2 Å². The molecule has 0 atom stereocenters. The quantitative estimate of drug-likeness (QED) is 0.544. The first kappa shape index (κ1) is 7.99. The van der Waals surface area contributed by atoms with Crippen LogP contribution in [0.1, 0.15) is 26.7 Å². The van der Waals surface area contributed by atoms with E-state index in [4.69, 9.17) is 0 Å². The van der Waals surface area contributed by atoms with E-state index in [1.54, 1.807) is 0 Å². The van der Waals surface area contributed by atoms with Crippen LogP contribution in [0.5, 0.6) is 0 Å². The Balaban J connectivity index is 2.26. The fourth-order valence-corrected chi connectivity index (χ4v) is 1.38. The van der Waals surface area contributed by atoms with Crippen molar-refractivity contribution in [2.75, 3.05) is 13.1 Å². The monoisotopic (exact) mass is 145 g/mol. The molecule has 1 saturated heterocycles. The zero-order chi connectivity index (χ0) is 7.56. The number of hydrogen-bond donors (Lipinski definition) is 0. The average molecular weight is 145 g/mol. The second-order valence-electron chi connectivity index (χ2n) is 3.30. The fourth-order valence-electron chi connectivity index (χ4n) is 1.38. The van der Waals surface area contributed by atoms with Crippen LogP contribution >= 0.6 is 0 Å². The van der Waals surface area contributed by atoms with Gasteiger partial charge in [0.1, 0.15) is 6.17 Å². The summed E-state index contributed by atoms with van der Waals surface area (Å²) in [4.78, 5) is 2.33. The predicted octanol–water partition coefficient (Wildman–Crippen LogP) is 1.83. The van der Waals surface area contributed by atoms with Gasteiger partial charge in [-0.1, -0.05) is 0 Å². The Morgan fingerprint density at radius 3 is 2.20 bits per heavy atom. The van der Waals surface area contributed by atoms with Gasteiger partial charge in [-0.25, -0.2) is 4.39 Å². The lowest BCUT2D eigenvalue weighted by molar-refractivity contribution is 0.125. The van der Waals surface area contributed by atoms with Gasteiger partial charge in [0.25, 0.3) is 0 Å². The number of alkyl halides is 1. The number of rotatable bonds is 1. The summed E-state index contributed by atoms with van der Waals surface area (Å²) in [5.74, 6) is 0. The third-order valence-electron chi connectivity index (χ3n) is 2.19. The summed E-state index contributed by atoms with van der Waals surface area (Å²) in [5.41, 5.74) is 0. The molecule has 1 nitrogen and oxygen atoms in total. The number of nitrogens with zero attached hydrogens (tertiary/aromatic N) is 1. The molecule has 1 fully saturated rings. The Hall–Kier alpha value is -0.110. The molecule has 0 spiro atoms. The molecule has 0 N–H and O–H groups in total. The molecule has 0 unspecified atom stereocenters. The highest BCUT2D eigenvalue weighted by Gasteiger charge is 2.19. The van der Waals surface area contributed by atoms with Crippen molar-refractivity contribution in [1.82, 2.24) is 4.90 Å². The van der Waals surface area contributed by atoms with Gasteiger partial charge in [-0.15, -0.1) is 0 Å². The molecular weight excluding hydrogens is 129 g/mol. The molecule has 0 radical (unpaired) electrons. The minimum absolute atomic E-state index is 0.532. The van der Waals surface area contributed by atoms with Crippen LogP contribution in [0.3, 0.4) is 0 Å². The van der Waals surface area contributed by atoms with Crippen molar-refractivity contribution in [3.63, 3.8) is 0 Å². The maximum atomic E-state index is 12.6. The van der Waals surface area contributed by atoms with Crippen LogP contribution < -0.4 is 0 Å². The Morgan fingerprint density at radius 1 is 1.30 bits per heavy atom. The minimum Gasteiger partial charge on any atom is -0.301 e. The highest BCUT2D eigenvalue weighted by Crippen LogP contribution is 2.14. The Labute approximate surface area is 62.2 Å². The zero-order valence-electron chi connectivity index (χ0n) is 6.81. The molecule has 1 aliphatic heterocycles. The van der Waals surface area contributed by atoms with Gasteiger partial charge in [-0.3, -0.25) is 0 Å². The van der Waals surface area contributed by atoms with Crippen molar-refractivity contribution in [1.29, 1.82) is 0 Å². The maximum absolute atomic E-state index is 12.6. The van der Waals surface area contributed by atoms with E-state index in [0.717, 1.165) is 25.9 Å². The van der Waals surface area contributed by atoms with Gasteiger partial charge in [0.2, 0.25) is 0 Å². The molecule has 0 aromatic heterocycles. The topological polar surface area (TPSA) is 3.24 Å². The van der Waals surface area contributed by atoms with Crippen molar-refractivity contribution in [2.45, 2.75) is 38.9 Å². The van der Waals surface area contributed by atoms with Crippen molar-refractivity contribution < 1.29 is 4.39 Å². The van der Waals surface area contributed by atoms with E-state index in [-0.39, 0.29) is 0 Å². The highest BCUT2D eigenvalue weighted by molar-refractivity contribution is 4.73. The van der Waals surface area contributed by atoms with Crippen LogP contribution in [0.4, 0.5) is 4.39 Å². The summed E-state index contributed by atoms with van der Waals surface area (Å²) < 4.78 is 12.6. The van der Waals surface area contributed by atoms with Gasteiger partial charge in [-0.2, -0.15) is 0 Å². The standard InChI is InChI=1S/C8H16FN/c1-7(2)10-5-3-8(9)4-6-10/h7-8H,3-6H2,1-2H3. The van der Waals surface area contributed by atoms with Gasteiger partial charge in [0.15, 0.2) is 0 Å². The summed E-state index contributed by atoms with van der Waals surface area (Å²) in [6, 6.07) is 0.590. The van der Waals surface area contributed by atoms with E-state index in [2.05, 4.69) is 18.7 Å². The zero-order valence-corrected chi connectivity index (χ0v) is 6.81. The van der Waals surface area contributed by atoms with Crippen molar-refractivity contribution in [3.05, 3.63) is 0 Å². The molecule has 0 saturated carbocycles. The van der Waals surface area contributed by atoms with Gasteiger partial charge < -0.3 is 4.90 Å². The summed E-state index contributed by atoms with van der Waals surface area (Å²) in [6.45, 7) is 6.22. The van der Waals surface area contributed by atoms with E-state index in [1.807, 2.05) is 0 Å². The summed E-state index contributed by atoms with van der Waals surface area (Å²) in [6.07, 6.45) is 0.936. The maximum Gasteiger partial charge on any atom is 0.103 e. The SMILES string of the molecule is CC(C)N1CCC(F)CC1. The molecule has 10 heavy (non-hydrogen) atoms. The van der Waals surface area contributed by atoms with Crippen LogP contribution in [0.15, 0.2) is 0 Å². The molecule has 0 aliphatic carbocycles. The fraction of sp³-hybridized carbons (Fsp3) is 1.00. The van der Waals surface area contributed by atoms with Gasteiger partial charge in [-0.05, 0) is 26.7 Å². The molecule has 1 aliphatic rings. The Bertz CT molecular complexity index is 95.4. The lowest BCUT2D eigenvalue weighted by Crippen LogP contribution is -2.38. The second-order valence-corrected chi connectivity index (χ2v) is 3.30. The summed E-state index contributed by atoms with van der Waals surface area (Å²) >= 11 is 0. The van der Waals surface area contributed by atoms with Crippen LogP contribution in [0.25, 0.3) is 0 Å². The van der Waals surface area contributed by atoms with E-state index in [1.165, 1.54) is 0 Å². The molecule has 60 valence electrons. The van der Waals surface area contributed by atoms with Crippen LogP contribution in [-0.2, 0) is 0 Å². The molecular formula is C8H16FN. The summed E-state index contributed by atoms with van der Waals surface area (Å²) in [7, 11) is 0. The van der Waals surface area contributed by atoms with Gasteiger partial charge in [0, 0.05) is 19.1 Å². The van der Waals surface area contributed by atoms with Crippen molar-refractivity contribution in [3.8, 4) is 0 Å². The number of likely N-dealkylation sites (tertiary alicyclic amines) is 1. The Kier molecular flexibility index (Phi) is 2.66. The molecule has 0 aromatic carbocycles. The number of piperidine rings is 1. The lowest BCUT2D eigenvalue weighted by Gasteiger charge is -2.31. The van der Waals surface area contributed by atoms with Gasteiger partial charge in [0.05, 0.1) is 0 Å². The van der Waals surface area contributed by atoms with E-state index < -0.39 is 6.17 Å². The summed E-state index contributed by atoms with van der Waals surface area (Å²) in [5, 5.41) is 0. The molecule has 1 rings (SSSR count). The number of hydrogen-bond acceptors (Lipinski definition) is 1. The molecule has 0 bridgehead atoms. The third-order valence-corrected chi connectivity index (χ3v) is 2.19. The smallest absolute Gasteiger partial charge is 0.103 e. The second kappa shape index (κ2) is 3.33.